The van der Waals surface area contributed by atoms with E-state index in [1.165, 1.54) is 6.33 Å². The van der Waals surface area contributed by atoms with E-state index in [4.69, 9.17) is 4.18 Å². The van der Waals surface area contributed by atoms with Crippen LogP contribution in [0.3, 0.4) is 0 Å². The van der Waals surface area contributed by atoms with Gasteiger partial charge in [0.15, 0.2) is 0 Å². The summed E-state index contributed by atoms with van der Waals surface area (Å²) < 4.78 is 30.5. The molecule has 0 N–H and O–H groups in total. The van der Waals surface area contributed by atoms with Gasteiger partial charge in [-0.05, 0) is 17.7 Å². The van der Waals surface area contributed by atoms with Gasteiger partial charge in [-0.1, -0.05) is 42.5 Å². The zero-order chi connectivity index (χ0) is 14.0. The van der Waals surface area contributed by atoms with Crippen molar-refractivity contribution in [3.05, 3.63) is 66.5 Å². The van der Waals surface area contributed by atoms with Crippen LogP contribution in [0.4, 0.5) is 0 Å². The molecule has 0 bridgehead atoms. The number of rotatable bonds is 4. The molecular weight excluding hydrogens is 276 g/mol. The molecule has 0 atom stereocenters. The van der Waals surface area contributed by atoms with Gasteiger partial charge in [-0.15, -0.1) is 0 Å². The van der Waals surface area contributed by atoms with Crippen LogP contribution < -0.4 is 0 Å². The van der Waals surface area contributed by atoms with Gasteiger partial charge in [-0.2, -0.15) is 8.42 Å². The summed E-state index contributed by atoms with van der Waals surface area (Å²) in [4.78, 5) is 4.04. The van der Waals surface area contributed by atoms with E-state index in [0.29, 0.717) is 11.0 Å². The number of nitrogens with zero attached hydrogens (tertiary/aromatic N) is 2. The Morgan fingerprint density at radius 2 is 1.70 bits per heavy atom. The standard InChI is InChI=1S/C14H12N2O3S/c17-20(18,19-10-12-6-2-1-3-7-12)16-11-15-13-8-4-5-9-14(13)16/h1-9,11H,10H2. The normalized spacial score (nSPS) is 11.8. The highest BCUT2D eigenvalue weighted by Gasteiger charge is 2.17. The summed E-state index contributed by atoms with van der Waals surface area (Å²) in [7, 11) is -3.89. The predicted octanol–water partition coefficient (Wildman–Crippen LogP) is 2.35. The summed E-state index contributed by atoms with van der Waals surface area (Å²) >= 11 is 0. The van der Waals surface area contributed by atoms with Crippen LogP contribution in [0.15, 0.2) is 60.9 Å². The van der Waals surface area contributed by atoms with Crippen molar-refractivity contribution in [1.29, 1.82) is 0 Å². The maximum Gasteiger partial charge on any atom is 0.368 e. The Labute approximate surface area is 116 Å². The molecule has 5 nitrogen and oxygen atoms in total. The van der Waals surface area contributed by atoms with E-state index in [1.54, 1.807) is 24.3 Å². The quantitative estimate of drug-likeness (QED) is 0.739. The third kappa shape index (κ3) is 2.43. The molecular formula is C14H12N2O3S. The maximum absolute atomic E-state index is 12.2. The van der Waals surface area contributed by atoms with Crippen molar-refractivity contribution >= 4 is 21.3 Å². The van der Waals surface area contributed by atoms with E-state index in [2.05, 4.69) is 4.98 Å². The van der Waals surface area contributed by atoms with Crippen LogP contribution in [0.2, 0.25) is 0 Å². The van der Waals surface area contributed by atoms with E-state index in [9.17, 15) is 8.42 Å². The van der Waals surface area contributed by atoms with Crippen molar-refractivity contribution in [3.8, 4) is 0 Å². The predicted molar refractivity (Wildman–Crippen MR) is 75.3 cm³/mol. The fourth-order valence-electron chi connectivity index (χ4n) is 1.89. The molecule has 0 amide bonds. The number of para-hydroxylation sites is 2. The Balaban J connectivity index is 1.89. The van der Waals surface area contributed by atoms with Crippen molar-refractivity contribution in [1.82, 2.24) is 8.96 Å². The van der Waals surface area contributed by atoms with Crippen molar-refractivity contribution in [2.45, 2.75) is 6.61 Å². The number of fused-ring (bicyclic) bond motifs is 1. The van der Waals surface area contributed by atoms with Gasteiger partial charge < -0.3 is 0 Å². The van der Waals surface area contributed by atoms with Crippen LogP contribution >= 0.6 is 0 Å². The minimum absolute atomic E-state index is 0.00429. The molecule has 0 radical (unpaired) electrons. The first-order chi connectivity index (χ1) is 9.67. The number of hydrogen-bond donors (Lipinski definition) is 0. The molecule has 3 rings (SSSR count). The van der Waals surface area contributed by atoms with Gasteiger partial charge in [-0.3, -0.25) is 0 Å². The van der Waals surface area contributed by atoms with Crippen molar-refractivity contribution < 1.29 is 12.6 Å². The fraction of sp³-hybridized carbons (Fsp3) is 0.0714. The number of benzene rings is 2. The molecule has 6 heteroatoms. The molecule has 0 aliphatic heterocycles. The topological polar surface area (TPSA) is 61.2 Å². The van der Waals surface area contributed by atoms with Crippen LogP contribution in [-0.2, 0) is 21.1 Å². The highest BCUT2D eigenvalue weighted by molar-refractivity contribution is 7.85. The molecule has 20 heavy (non-hydrogen) atoms. The Bertz CT molecular complexity index is 826. The second kappa shape index (κ2) is 5.07. The van der Waals surface area contributed by atoms with Crippen molar-refractivity contribution in [2.24, 2.45) is 0 Å². The number of imidazole rings is 1. The zero-order valence-electron chi connectivity index (χ0n) is 10.5. The van der Waals surface area contributed by atoms with E-state index >= 15 is 0 Å². The van der Waals surface area contributed by atoms with E-state index in [-0.39, 0.29) is 6.61 Å². The molecule has 0 spiro atoms. The highest BCUT2D eigenvalue weighted by Crippen LogP contribution is 2.16. The first kappa shape index (κ1) is 12.8. The fourth-order valence-corrected chi connectivity index (χ4v) is 2.84. The van der Waals surface area contributed by atoms with Gasteiger partial charge in [0.05, 0.1) is 17.6 Å². The maximum atomic E-state index is 12.2. The third-order valence-corrected chi connectivity index (χ3v) is 4.07. The molecule has 1 heterocycles. The highest BCUT2D eigenvalue weighted by atomic mass is 32.2. The van der Waals surface area contributed by atoms with Gasteiger partial charge >= 0.3 is 10.3 Å². The SMILES string of the molecule is O=S(=O)(OCc1ccccc1)n1cnc2ccccc21. The molecule has 0 saturated carbocycles. The monoisotopic (exact) mass is 288 g/mol. The lowest BCUT2D eigenvalue weighted by Crippen LogP contribution is -2.15. The minimum Gasteiger partial charge on any atom is -0.248 e. The summed E-state index contributed by atoms with van der Waals surface area (Å²) in [5.41, 5.74) is 1.90. The molecule has 3 aromatic rings. The van der Waals surface area contributed by atoms with Gasteiger partial charge in [0.2, 0.25) is 0 Å². The van der Waals surface area contributed by atoms with Crippen LogP contribution in [0, 0.1) is 0 Å². The van der Waals surface area contributed by atoms with E-state index in [0.717, 1.165) is 9.54 Å². The molecule has 0 unspecified atom stereocenters. The minimum atomic E-state index is -3.89. The molecule has 0 aliphatic rings. The summed E-state index contributed by atoms with van der Waals surface area (Å²) in [6.07, 6.45) is 1.25. The van der Waals surface area contributed by atoms with Crippen molar-refractivity contribution in [3.63, 3.8) is 0 Å². The molecule has 102 valence electrons. The van der Waals surface area contributed by atoms with Gasteiger partial charge in [0.25, 0.3) is 0 Å². The summed E-state index contributed by atoms with van der Waals surface area (Å²) in [6, 6.07) is 16.1. The van der Waals surface area contributed by atoms with Crippen LogP contribution in [0.1, 0.15) is 5.56 Å². The summed E-state index contributed by atoms with van der Waals surface area (Å²) in [5, 5.41) is 0. The molecule has 1 aromatic heterocycles. The Hall–Kier alpha value is -2.18. The Kier molecular flexibility index (Phi) is 3.25. The van der Waals surface area contributed by atoms with Gasteiger partial charge in [0, 0.05) is 0 Å². The summed E-state index contributed by atoms with van der Waals surface area (Å²) in [5.74, 6) is 0. The van der Waals surface area contributed by atoms with Crippen LogP contribution in [-0.4, -0.2) is 17.4 Å². The number of aromatic nitrogens is 2. The molecule has 2 aromatic carbocycles. The average molecular weight is 288 g/mol. The largest absolute Gasteiger partial charge is 0.368 e. The Morgan fingerprint density at radius 1 is 1.00 bits per heavy atom. The second-order valence-corrected chi connectivity index (χ2v) is 5.72. The lowest BCUT2D eigenvalue weighted by molar-refractivity contribution is 0.303. The zero-order valence-corrected chi connectivity index (χ0v) is 11.3. The van der Waals surface area contributed by atoms with Crippen LogP contribution in [0.25, 0.3) is 11.0 Å². The molecule has 0 fully saturated rings. The van der Waals surface area contributed by atoms with Crippen LogP contribution in [0.5, 0.6) is 0 Å². The van der Waals surface area contributed by atoms with E-state index in [1.807, 2.05) is 30.3 Å². The van der Waals surface area contributed by atoms with Crippen molar-refractivity contribution in [2.75, 3.05) is 0 Å². The first-order valence-corrected chi connectivity index (χ1v) is 7.39. The summed E-state index contributed by atoms with van der Waals surface area (Å²) in [6.45, 7) is -0.00429. The Morgan fingerprint density at radius 3 is 2.50 bits per heavy atom. The lowest BCUT2D eigenvalue weighted by Gasteiger charge is -2.07. The smallest absolute Gasteiger partial charge is 0.248 e. The van der Waals surface area contributed by atoms with E-state index < -0.39 is 10.3 Å². The lowest BCUT2D eigenvalue weighted by atomic mass is 10.2. The van der Waals surface area contributed by atoms with Gasteiger partial charge in [0.1, 0.15) is 6.33 Å². The first-order valence-electron chi connectivity index (χ1n) is 6.03. The molecule has 0 saturated heterocycles. The second-order valence-electron chi connectivity index (χ2n) is 4.23. The molecule has 0 aliphatic carbocycles. The third-order valence-electron chi connectivity index (χ3n) is 2.88. The number of hydrogen-bond acceptors (Lipinski definition) is 4. The average Bonchev–Trinajstić information content (AvgIpc) is 2.91. The van der Waals surface area contributed by atoms with Gasteiger partial charge in [-0.25, -0.2) is 13.1 Å².